The summed E-state index contributed by atoms with van der Waals surface area (Å²) in [6.07, 6.45) is 2.31. The van der Waals surface area contributed by atoms with Gasteiger partial charge in [0.2, 0.25) is 5.91 Å². The molecule has 1 aliphatic rings. The molecule has 0 saturated heterocycles. The molecular weight excluding hydrogens is 274 g/mol. The van der Waals surface area contributed by atoms with Crippen molar-refractivity contribution in [2.24, 2.45) is 11.7 Å². The number of carbonyl (C=O) groups excluding carboxylic acids is 2. The topological polar surface area (TPSA) is 113 Å². The largest absolute Gasteiger partial charge is 0.480 e. The van der Waals surface area contributed by atoms with Crippen LogP contribution in [0.1, 0.15) is 46.5 Å². The Bertz CT molecular complexity index is 414. The average molecular weight is 299 g/mol. The number of carboxylic acid groups (broad SMARTS) is 1. The van der Waals surface area contributed by atoms with Crippen LogP contribution < -0.4 is 11.1 Å². The van der Waals surface area contributed by atoms with E-state index in [4.69, 9.17) is 5.73 Å². The van der Waals surface area contributed by atoms with Gasteiger partial charge in [-0.05, 0) is 45.4 Å². The van der Waals surface area contributed by atoms with E-state index in [9.17, 15) is 19.5 Å². The van der Waals surface area contributed by atoms with Gasteiger partial charge in [0.1, 0.15) is 12.1 Å². The lowest BCUT2D eigenvalue weighted by Crippen LogP contribution is -2.60. The van der Waals surface area contributed by atoms with Crippen molar-refractivity contribution in [1.29, 1.82) is 0 Å². The molecule has 0 heterocycles. The van der Waals surface area contributed by atoms with Crippen molar-refractivity contribution >= 4 is 17.9 Å². The fourth-order valence-electron chi connectivity index (χ4n) is 2.58. The molecule has 0 aliphatic heterocycles. The van der Waals surface area contributed by atoms with Crippen LogP contribution in [0.5, 0.6) is 0 Å². The molecule has 0 bridgehead atoms. The maximum absolute atomic E-state index is 12.3. The fourth-order valence-corrected chi connectivity index (χ4v) is 2.58. The zero-order valence-corrected chi connectivity index (χ0v) is 12.9. The molecule has 0 aromatic carbocycles. The molecule has 1 fully saturated rings. The Morgan fingerprint density at radius 1 is 1.33 bits per heavy atom. The first kappa shape index (κ1) is 17.3. The van der Waals surface area contributed by atoms with Gasteiger partial charge in [0.15, 0.2) is 0 Å². The lowest BCUT2D eigenvalue weighted by atomic mass is 9.77. The van der Waals surface area contributed by atoms with Gasteiger partial charge in [-0.25, -0.2) is 9.59 Å². The second-order valence-electron chi connectivity index (χ2n) is 6.19. The molecule has 1 aliphatic carbocycles. The second kappa shape index (κ2) is 6.78. The molecule has 0 radical (unpaired) electrons. The number of nitrogens with two attached hydrogens (primary N) is 1. The number of aliphatic carboxylic acids is 1. The summed E-state index contributed by atoms with van der Waals surface area (Å²) >= 11 is 0. The predicted octanol–water partition coefficient (Wildman–Crippen LogP) is 0.925. The highest BCUT2D eigenvalue weighted by atomic mass is 16.4. The van der Waals surface area contributed by atoms with Crippen LogP contribution in [0.4, 0.5) is 4.79 Å². The van der Waals surface area contributed by atoms with Gasteiger partial charge in [0.05, 0.1) is 0 Å². The number of primary amides is 1. The van der Waals surface area contributed by atoms with Gasteiger partial charge in [0, 0.05) is 6.04 Å². The highest BCUT2D eigenvalue weighted by Crippen LogP contribution is 2.32. The Hall–Kier alpha value is -1.79. The van der Waals surface area contributed by atoms with E-state index in [0.29, 0.717) is 18.8 Å². The van der Waals surface area contributed by atoms with Crippen molar-refractivity contribution in [1.82, 2.24) is 10.2 Å². The Kier molecular flexibility index (Phi) is 5.57. The number of rotatable bonds is 5. The smallest absolute Gasteiger partial charge is 0.329 e. The SMILES string of the molecule is CC1CCC(NC(=O)N(CC(N)=O)C(C)C)(C(=O)O)CC1. The quantitative estimate of drug-likeness (QED) is 0.700. The van der Waals surface area contributed by atoms with Gasteiger partial charge in [-0.2, -0.15) is 0 Å². The van der Waals surface area contributed by atoms with E-state index >= 15 is 0 Å². The molecule has 0 aromatic heterocycles. The standard InChI is InChI=1S/C14H25N3O4/c1-9(2)17(8-11(15)18)13(21)16-14(12(19)20)6-4-10(3)5-7-14/h9-10H,4-8H2,1-3H3,(H2,15,18)(H,16,21)(H,19,20). The summed E-state index contributed by atoms with van der Waals surface area (Å²) in [6.45, 7) is 5.34. The van der Waals surface area contributed by atoms with Gasteiger partial charge >= 0.3 is 12.0 Å². The zero-order valence-electron chi connectivity index (χ0n) is 12.9. The highest BCUT2D eigenvalue weighted by molar-refractivity contribution is 5.88. The van der Waals surface area contributed by atoms with Crippen LogP contribution in [0.3, 0.4) is 0 Å². The summed E-state index contributed by atoms with van der Waals surface area (Å²) in [7, 11) is 0. The first-order chi connectivity index (χ1) is 9.68. The first-order valence-corrected chi connectivity index (χ1v) is 7.28. The minimum Gasteiger partial charge on any atom is -0.480 e. The third-order valence-electron chi connectivity index (χ3n) is 4.09. The number of nitrogens with one attached hydrogen (secondary N) is 1. The summed E-state index contributed by atoms with van der Waals surface area (Å²) < 4.78 is 0. The number of hydrogen-bond acceptors (Lipinski definition) is 3. The lowest BCUT2D eigenvalue weighted by Gasteiger charge is -2.38. The van der Waals surface area contributed by atoms with E-state index in [0.717, 1.165) is 12.8 Å². The van der Waals surface area contributed by atoms with Crippen molar-refractivity contribution < 1.29 is 19.5 Å². The molecule has 7 heteroatoms. The fraction of sp³-hybridized carbons (Fsp3) is 0.786. The summed E-state index contributed by atoms with van der Waals surface area (Å²) in [5.74, 6) is -1.19. The summed E-state index contributed by atoms with van der Waals surface area (Å²) in [4.78, 5) is 36.2. The minimum atomic E-state index is -1.24. The minimum absolute atomic E-state index is 0.227. The van der Waals surface area contributed by atoms with E-state index < -0.39 is 23.4 Å². The van der Waals surface area contributed by atoms with Crippen LogP contribution >= 0.6 is 0 Å². The van der Waals surface area contributed by atoms with Crippen molar-refractivity contribution in [3.63, 3.8) is 0 Å². The van der Waals surface area contributed by atoms with E-state index in [2.05, 4.69) is 12.2 Å². The number of urea groups is 1. The molecule has 3 amide bonds. The molecule has 120 valence electrons. The van der Waals surface area contributed by atoms with Crippen molar-refractivity contribution in [2.75, 3.05) is 6.54 Å². The van der Waals surface area contributed by atoms with Gasteiger partial charge in [-0.3, -0.25) is 4.79 Å². The second-order valence-corrected chi connectivity index (χ2v) is 6.19. The van der Waals surface area contributed by atoms with Crippen LogP contribution in [-0.2, 0) is 9.59 Å². The van der Waals surface area contributed by atoms with Crippen molar-refractivity contribution in [3.8, 4) is 0 Å². The molecule has 4 N–H and O–H groups in total. The number of amides is 3. The van der Waals surface area contributed by atoms with Crippen molar-refractivity contribution in [3.05, 3.63) is 0 Å². The van der Waals surface area contributed by atoms with Gasteiger partial charge < -0.3 is 21.1 Å². The zero-order chi connectivity index (χ0) is 16.2. The van der Waals surface area contributed by atoms with Gasteiger partial charge in [0.25, 0.3) is 0 Å². The molecule has 1 rings (SSSR count). The molecule has 0 atom stereocenters. The van der Waals surface area contributed by atoms with Crippen molar-refractivity contribution in [2.45, 2.75) is 58.0 Å². The predicted molar refractivity (Wildman–Crippen MR) is 77.6 cm³/mol. The molecule has 0 unspecified atom stereocenters. The van der Waals surface area contributed by atoms with E-state index in [1.54, 1.807) is 13.8 Å². The maximum atomic E-state index is 12.3. The highest BCUT2D eigenvalue weighted by Gasteiger charge is 2.43. The lowest BCUT2D eigenvalue weighted by molar-refractivity contribution is -0.146. The van der Waals surface area contributed by atoms with Crippen LogP contribution in [0.2, 0.25) is 0 Å². The number of nitrogens with zero attached hydrogens (tertiary/aromatic N) is 1. The third-order valence-corrected chi connectivity index (χ3v) is 4.09. The molecule has 0 aromatic rings. The van der Waals surface area contributed by atoms with Gasteiger partial charge in [-0.15, -0.1) is 0 Å². The van der Waals surface area contributed by atoms with E-state index in [1.165, 1.54) is 4.90 Å². The van der Waals surface area contributed by atoms with Crippen LogP contribution in [0.25, 0.3) is 0 Å². The number of hydrogen-bond donors (Lipinski definition) is 3. The maximum Gasteiger partial charge on any atom is 0.329 e. The summed E-state index contributed by atoms with van der Waals surface area (Å²) in [5.41, 5.74) is 3.89. The van der Waals surface area contributed by atoms with Gasteiger partial charge in [-0.1, -0.05) is 6.92 Å². The van der Waals surface area contributed by atoms with E-state index in [-0.39, 0.29) is 12.6 Å². The Balaban J connectivity index is 2.85. The average Bonchev–Trinajstić information content (AvgIpc) is 2.38. The normalized spacial score (nSPS) is 25.4. The Morgan fingerprint density at radius 3 is 2.24 bits per heavy atom. The molecule has 7 nitrogen and oxygen atoms in total. The molecule has 1 saturated carbocycles. The van der Waals surface area contributed by atoms with Crippen LogP contribution in [-0.4, -0.2) is 46.0 Å². The molecular formula is C14H25N3O4. The molecule has 0 spiro atoms. The van der Waals surface area contributed by atoms with E-state index in [1.807, 2.05) is 0 Å². The Labute approximate surface area is 124 Å². The number of carboxylic acids is 1. The third kappa shape index (κ3) is 4.34. The monoisotopic (exact) mass is 299 g/mol. The van der Waals surface area contributed by atoms with Crippen LogP contribution in [0.15, 0.2) is 0 Å². The first-order valence-electron chi connectivity index (χ1n) is 7.28. The summed E-state index contributed by atoms with van der Waals surface area (Å²) in [6, 6.07) is -0.799. The van der Waals surface area contributed by atoms with Crippen LogP contribution in [0, 0.1) is 5.92 Å². The molecule has 21 heavy (non-hydrogen) atoms. The Morgan fingerprint density at radius 2 is 1.86 bits per heavy atom. The number of carbonyl (C=O) groups is 3. The summed E-state index contributed by atoms with van der Waals surface area (Å²) in [5, 5.41) is 12.1.